The van der Waals surface area contributed by atoms with Crippen molar-refractivity contribution in [2.75, 3.05) is 6.61 Å². The first kappa shape index (κ1) is 11.0. The minimum Gasteiger partial charge on any atom is -0.461 e. The van der Waals surface area contributed by atoms with Gasteiger partial charge in [-0.1, -0.05) is 13.5 Å². The molecule has 1 N–H and O–H groups in total. The Hall–Kier alpha value is -1.04. The SMILES string of the molecule is C=C(N[SH](=O)=O)C(=O)OCCC. The minimum atomic E-state index is -2.84. The smallest absolute Gasteiger partial charge is 0.354 e. The highest BCUT2D eigenvalue weighted by molar-refractivity contribution is 7.70. The van der Waals surface area contributed by atoms with Gasteiger partial charge in [0.15, 0.2) is 0 Å². The average molecular weight is 193 g/mol. The van der Waals surface area contributed by atoms with Crippen molar-refractivity contribution in [1.29, 1.82) is 0 Å². The van der Waals surface area contributed by atoms with Crippen molar-refractivity contribution in [2.45, 2.75) is 13.3 Å². The van der Waals surface area contributed by atoms with E-state index in [4.69, 9.17) is 0 Å². The molecule has 0 aliphatic heterocycles. The molecule has 0 saturated carbocycles. The maximum Gasteiger partial charge on any atom is 0.354 e. The molecule has 0 amide bonds. The topological polar surface area (TPSA) is 72.5 Å². The Kier molecular flexibility index (Phi) is 5.11. The van der Waals surface area contributed by atoms with Gasteiger partial charge >= 0.3 is 5.97 Å². The van der Waals surface area contributed by atoms with E-state index in [0.29, 0.717) is 6.42 Å². The largest absolute Gasteiger partial charge is 0.461 e. The summed E-state index contributed by atoms with van der Waals surface area (Å²) in [5.41, 5.74) is -0.264. The molecule has 12 heavy (non-hydrogen) atoms. The summed E-state index contributed by atoms with van der Waals surface area (Å²) in [5, 5.41) is 0. The van der Waals surface area contributed by atoms with Crippen LogP contribution in [0.15, 0.2) is 12.3 Å². The minimum absolute atomic E-state index is 0.259. The first-order valence-electron chi connectivity index (χ1n) is 3.35. The molecule has 0 saturated heterocycles. The van der Waals surface area contributed by atoms with Crippen molar-refractivity contribution in [3.05, 3.63) is 12.3 Å². The van der Waals surface area contributed by atoms with Crippen molar-refractivity contribution in [1.82, 2.24) is 4.72 Å². The molecule has 0 aliphatic carbocycles. The number of nitrogens with one attached hydrogen (secondary N) is 1. The molecule has 0 fully saturated rings. The Morgan fingerprint density at radius 3 is 2.58 bits per heavy atom. The molecule has 0 rings (SSSR count). The molecule has 0 bridgehead atoms. The van der Waals surface area contributed by atoms with E-state index in [1.807, 2.05) is 11.6 Å². The molecule has 0 radical (unpaired) electrons. The molecule has 0 heterocycles. The van der Waals surface area contributed by atoms with Crippen molar-refractivity contribution in [3.63, 3.8) is 0 Å². The summed E-state index contributed by atoms with van der Waals surface area (Å²) >= 11 is 0. The van der Waals surface area contributed by atoms with Crippen molar-refractivity contribution < 1.29 is 17.9 Å². The second-order valence-corrected chi connectivity index (χ2v) is 2.72. The second kappa shape index (κ2) is 5.59. The molecule has 0 aromatic rings. The number of carbonyl (C=O) groups excluding carboxylic acids is 1. The Bertz CT molecular complexity index is 238. The maximum absolute atomic E-state index is 10.8. The molecule has 0 aliphatic rings. The summed E-state index contributed by atoms with van der Waals surface area (Å²) in [7, 11) is -2.84. The normalized spacial score (nSPS) is 9.50. The van der Waals surface area contributed by atoms with Crippen molar-refractivity contribution >= 4 is 16.9 Å². The predicted octanol–water partition coefficient (Wildman–Crippen LogP) is -0.431. The molecule has 0 aromatic heterocycles. The number of esters is 1. The van der Waals surface area contributed by atoms with Crippen LogP contribution in [0.4, 0.5) is 0 Å². The fourth-order valence-electron chi connectivity index (χ4n) is 0.438. The summed E-state index contributed by atoms with van der Waals surface area (Å²) in [6, 6.07) is 0. The van der Waals surface area contributed by atoms with Crippen LogP contribution in [0.2, 0.25) is 0 Å². The van der Waals surface area contributed by atoms with E-state index in [2.05, 4.69) is 11.3 Å². The quantitative estimate of drug-likeness (QED) is 0.353. The van der Waals surface area contributed by atoms with Gasteiger partial charge in [0.25, 0.3) is 0 Å². The lowest BCUT2D eigenvalue weighted by molar-refractivity contribution is -0.139. The van der Waals surface area contributed by atoms with E-state index in [0.717, 1.165) is 0 Å². The lowest BCUT2D eigenvalue weighted by atomic mass is 10.5. The molecule has 0 aromatic carbocycles. The van der Waals surface area contributed by atoms with Gasteiger partial charge < -0.3 is 4.74 Å². The van der Waals surface area contributed by atoms with Gasteiger partial charge in [-0.15, -0.1) is 0 Å². The first-order chi connectivity index (χ1) is 5.57. The molecule has 0 spiro atoms. The summed E-state index contributed by atoms with van der Waals surface area (Å²) in [6.45, 7) is 5.27. The first-order valence-corrected chi connectivity index (χ1v) is 4.52. The number of hydrogen-bond acceptors (Lipinski definition) is 4. The van der Waals surface area contributed by atoms with E-state index in [-0.39, 0.29) is 12.3 Å². The Morgan fingerprint density at radius 1 is 1.58 bits per heavy atom. The molecule has 70 valence electrons. The van der Waals surface area contributed by atoms with Crippen LogP contribution in [0.25, 0.3) is 0 Å². The van der Waals surface area contributed by atoms with Gasteiger partial charge in [-0.2, -0.15) is 0 Å². The van der Waals surface area contributed by atoms with E-state index >= 15 is 0 Å². The summed E-state index contributed by atoms with van der Waals surface area (Å²) in [5.74, 6) is -0.740. The van der Waals surface area contributed by atoms with Gasteiger partial charge in [-0.05, 0) is 6.42 Å². The third kappa shape index (κ3) is 4.73. The van der Waals surface area contributed by atoms with Crippen molar-refractivity contribution in [2.24, 2.45) is 0 Å². The molecule has 5 nitrogen and oxygen atoms in total. The monoisotopic (exact) mass is 193 g/mol. The Labute approximate surface area is 72.5 Å². The molecule has 6 heteroatoms. The molecular weight excluding hydrogens is 182 g/mol. The standard InChI is InChI=1S/C6H11NO4S/c1-3-4-11-6(8)5(2)7-12(9)10/h12H,2-4H2,1H3,(H,7,9,10). The second-order valence-electron chi connectivity index (χ2n) is 1.98. The number of hydrogen-bond donors (Lipinski definition) is 2. The van der Waals surface area contributed by atoms with Crippen LogP contribution in [0.1, 0.15) is 13.3 Å². The highest BCUT2D eigenvalue weighted by Gasteiger charge is 2.06. The van der Waals surface area contributed by atoms with Crippen LogP contribution in [-0.2, 0) is 20.4 Å². The third-order valence-corrected chi connectivity index (χ3v) is 1.36. The van der Waals surface area contributed by atoms with Gasteiger partial charge in [0.05, 0.1) is 6.61 Å². The van der Waals surface area contributed by atoms with Crippen LogP contribution in [0, 0.1) is 0 Å². The number of rotatable bonds is 5. The van der Waals surface area contributed by atoms with Crippen LogP contribution >= 0.6 is 0 Å². The number of carbonyl (C=O) groups is 1. The van der Waals surface area contributed by atoms with Gasteiger partial charge in [-0.3, -0.25) is 4.72 Å². The molecular formula is C6H11NO4S. The molecule has 0 unspecified atom stereocenters. The van der Waals surface area contributed by atoms with Crippen LogP contribution < -0.4 is 4.72 Å². The lowest BCUT2D eigenvalue weighted by Crippen LogP contribution is -2.20. The van der Waals surface area contributed by atoms with E-state index < -0.39 is 16.9 Å². The fraction of sp³-hybridized carbons (Fsp3) is 0.500. The summed E-state index contributed by atoms with van der Waals surface area (Å²) in [4.78, 5) is 10.8. The van der Waals surface area contributed by atoms with E-state index in [9.17, 15) is 13.2 Å². The van der Waals surface area contributed by atoms with E-state index in [1.54, 1.807) is 0 Å². The maximum atomic E-state index is 10.8. The number of ether oxygens (including phenoxy) is 1. The highest BCUT2D eigenvalue weighted by Crippen LogP contribution is 1.90. The third-order valence-electron chi connectivity index (χ3n) is 0.910. The lowest BCUT2D eigenvalue weighted by Gasteiger charge is -2.03. The van der Waals surface area contributed by atoms with Gasteiger partial charge in [0.2, 0.25) is 10.9 Å². The molecule has 0 atom stereocenters. The summed E-state index contributed by atoms with van der Waals surface area (Å²) < 4.78 is 26.5. The number of thiol groups is 1. The van der Waals surface area contributed by atoms with Gasteiger partial charge in [0.1, 0.15) is 5.70 Å². The van der Waals surface area contributed by atoms with Crippen molar-refractivity contribution in [3.8, 4) is 0 Å². The zero-order chi connectivity index (χ0) is 9.56. The van der Waals surface area contributed by atoms with Gasteiger partial charge in [0, 0.05) is 0 Å². The fourth-order valence-corrected chi connectivity index (χ4v) is 0.749. The predicted molar refractivity (Wildman–Crippen MR) is 43.8 cm³/mol. The van der Waals surface area contributed by atoms with Crippen LogP contribution in [0.3, 0.4) is 0 Å². The summed E-state index contributed by atoms with van der Waals surface area (Å²) in [6.07, 6.45) is 0.683. The highest BCUT2D eigenvalue weighted by atomic mass is 32.2. The van der Waals surface area contributed by atoms with Crippen LogP contribution in [0.5, 0.6) is 0 Å². The average Bonchev–Trinajstić information content (AvgIpc) is 1.98. The zero-order valence-electron chi connectivity index (χ0n) is 6.70. The Morgan fingerprint density at radius 2 is 2.17 bits per heavy atom. The van der Waals surface area contributed by atoms with Crippen LogP contribution in [-0.4, -0.2) is 21.0 Å². The van der Waals surface area contributed by atoms with Gasteiger partial charge in [-0.25, -0.2) is 13.2 Å². The Balaban J connectivity index is 3.85. The zero-order valence-corrected chi connectivity index (χ0v) is 7.60. The van der Waals surface area contributed by atoms with E-state index in [1.165, 1.54) is 0 Å².